The molecule has 0 saturated heterocycles. The molecular weight excluding hydrogens is 491 g/mol. The van der Waals surface area contributed by atoms with Crippen LogP contribution in [0.1, 0.15) is 41.4 Å². The zero-order valence-electron chi connectivity index (χ0n) is 20.0. The number of hydrogen-bond acceptors (Lipinski definition) is 6. The zero-order chi connectivity index (χ0) is 26.6. The normalized spacial score (nSPS) is 15.8. The van der Waals surface area contributed by atoms with E-state index in [1.54, 1.807) is 24.3 Å². The minimum atomic E-state index is -4.86. The number of nitrogens with zero attached hydrogens (tertiary/aromatic N) is 3. The van der Waals surface area contributed by atoms with Crippen LogP contribution in [0.2, 0.25) is 0 Å². The van der Waals surface area contributed by atoms with Crippen LogP contribution in [0.5, 0.6) is 11.5 Å². The summed E-state index contributed by atoms with van der Waals surface area (Å²) in [6.07, 6.45) is -1.14. The summed E-state index contributed by atoms with van der Waals surface area (Å²) < 4.78 is 47.3. The standard InChI is InChI=1S/C25H24F3N5O4/c1-3-16-11-22(34)33(13-15-4-7-18(8-5-15)31-24(35)19-12-29-14-30-19)32-23(16)17-6-9-20(21(10-17)36-2)37-25(26,27)28/h4-10,12,14,16H,3,11,13H2,1-2H3,(H,29,30)(H,31,35). The molecule has 0 fully saturated rings. The maximum absolute atomic E-state index is 12.8. The zero-order valence-corrected chi connectivity index (χ0v) is 20.0. The lowest BCUT2D eigenvalue weighted by atomic mass is 9.89. The van der Waals surface area contributed by atoms with Crippen LogP contribution < -0.4 is 14.8 Å². The molecule has 1 aromatic heterocycles. The van der Waals surface area contributed by atoms with Gasteiger partial charge in [0.05, 0.1) is 25.7 Å². The van der Waals surface area contributed by atoms with Crippen molar-refractivity contribution in [2.75, 3.05) is 12.4 Å². The topological polar surface area (TPSA) is 109 Å². The highest BCUT2D eigenvalue weighted by Gasteiger charge is 2.34. The van der Waals surface area contributed by atoms with Crippen LogP contribution in [0.15, 0.2) is 60.1 Å². The van der Waals surface area contributed by atoms with E-state index in [9.17, 15) is 22.8 Å². The molecule has 1 unspecified atom stereocenters. The molecule has 0 aliphatic carbocycles. The summed E-state index contributed by atoms with van der Waals surface area (Å²) in [5.41, 5.74) is 2.69. The van der Waals surface area contributed by atoms with E-state index in [-0.39, 0.29) is 42.1 Å². The number of H-pyrrole nitrogens is 1. The Morgan fingerprint density at radius 3 is 2.57 bits per heavy atom. The van der Waals surface area contributed by atoms with Crippen molar-refractivity contribution < 1.29 is 32.2 Å². The summed E-state index contributed by atoms with van der Waals surface area (Å²) >= 11 is 0. The maximum atomic E-state index is 12.8. The molecule has 0 spiro atoms. The summed E-state index contributed by atoms with van der Waals surface area (Å²) in [5.74, 6) is -1.29. The maximum Gasteiger partial charge on any atom is 0.573 e. The number of benzene rings is 2. The van der Waals surface area contributed by atoms with Crippen molar-refractivity contribution in [3.8, 4) is 11.5 Å². The minimum absolute atomic E-state index is 0.0942. The average molecular weight is 515 g/mol. The number of carbonyl (C=O) groups is 2. The summed E-state index contributed by atoms with van der Waals surface area (Å²) in [4.78, 5) is 31.6. The van der Waals surface area contributed by atoms with Crippen molar-refractivity contribution in [1.29, 1.82) is 0 Å². The number of imidazole rings is 1. The highest BCUT2D eigenvalue weighted by molar-refractivity contribution is 6.06. The van der Waals surface area contributed by atoms with Gasteiger partial charge in [-0.1, -0.05) is 19.1 Å². The number of methoxy groups -OCH3 is 1. The summed E-state index contributed by atoms with van der Waals surface area (Å²) in [6.45, 7) is 2.09. The molecule has 1 atom stereocenters. The minimum Gasteiger partial charge on any atom is -0.493 e. The van der Waals surface area contributed by atoms with Crippen LogP contribution in [0.3, 0.4) is 0 Å². The molecule has 12 heteroatoms. The Hall–Kier alpha value is -4.35. The van der Waals surface area contributed by atoms with E-state index >= 15 is 0 Å². The molecule has 0 saturated carbocycles. The van der Waals surface area contributed by atoms with Gasteiger partial charge in [0.2, 0.25) is 5.91 Å². The van der Waals surface area contributed by atoms with Gasteiger partial charge in [0, 0.05) is 29.8 Å². The van der Waals surface area contributed by atoms with Crippen LogP contribution >= 0.6 is 0 Å². The van der Waals surface area contributed by atoms with E-state index in [0.29, 0.717) is 23.4 Å². The lowest BCUT2D eigenvalue weighted by molar-refractivity contribution is -0.275. The number of hydrazone groups is 1. The van der Waals surface area contributed by atoms with Gasteiger partial charge in [0.1, 0.15) is 5.69 Å². The molecule has 1 aliphatic rings. The number of carbonyl (C=O) groups excluding carboxylic acids is 2. The third kappa shape index (κ3) is 6.26. The monoisotopic (exact) mass is 515 g/mol. The fourth-order valence-electron chi connectivity index (χ4n) is 3.92. The Balaban J connectivity index is 1.53. The average Bonchev–Trinajstić information content (AvgIpc) is 3.41. The number of ether oxygens (including phenoxy) is 2. The second kappa shape index (κ2) is 10.7. The molecule has 2 aromatic carbocycles. The molecular formula is C25H24F3N5O4. The van der Waals surface area contributed by atoms with E-state index in [1.165, 1.54) is 42.8 Å². The second-order valence-corrected chi connectivity index (χ2v) is 8.26. The van der Waals surface area contributed by atoms with Gasteiger partial charge in [0.15, 0.2) is 11.5 Å². The first-order valence-corrected chi connectivity index (χ1v) is 11.4. The number of aromatic amines is 1. The molecule has 3 aromatic rings. The van der Waals surface area contributed by atoms with E-state index in [1.807, 2.05) is 6.92 Å². The predicted octanol–water partition coefficient (Wildman–Crippen LogP) is 4.73. The van der Waals surface area contributed by atoms with Gasteiger partial charge in [-0.15, -0.1) is 13.2 Å². The third-order valence-corrected chi connectivity index (χ3v) is 5.78. The van der Waals surface area contributed by atoms with Gasteiger partial charge in [-0.3, -0.25) is 9.59 Å². The van der Waals surface area contributed by atoms with Crippen molar-refractivity contribution >= 4 is 23.2 Å². The van der Waals surface area contributed by atoms with E-state index < -0.39 is 12.1 Å². The van der Waals surface area contributed by atoms with Crippen LogP contribution in [-0.2, 0) is 11.3 Å². The van der Waals surface area contributed by atoms with Crippen LogP contribution in [0, 0.1) is 5.92 Å². The number of halogens is 3. The summed E-state index contributed by atoms with van der Waals surface area (Å²) in [5, 5.41) is 8.64. The summed E-state index contributed by atoms with van der Waals surface area (Å²) in [7, 11) is 1.25. The van der Waals surface area contributed by atoms with Crippen molar-refractivity contribution in [3.05, 3.63) is 71.8 Å². The quantitative estimate of drug-likeness (QED) is 0.451. The number of amides is 2. The van der Waals surface area contributed by atoms with Gasteiger partial charge in [-0.25, -0.2) is 9.99 Å². The Morgan fingerprint density at radius 1 is 1.19 bits per heavy atom. The molecule has 2 heterocycles. The third-order valence-electron chi connectivity index (χ3n) is 5.78. The lowest BCUT2D eigenvalue weighted by Gasteiger charge is -2.29. The van der Waals surface area contributed by atoms with Gasteiger partial charge in [-0.05, 0) is 42.3 Å². The van der Waals surface area contributed by atoms with E-state index in [0.717, 1.165) is 5.56 Å². The molecule has 2 N–H and O–H groups in total. The number of rotatable bonds is 8. The number of hydrogen-bond donors (Lipinski definition) is 2. The second-order valence-electron chi connectivity index (χ2n) is 8.26. The smallest absolute Gasteiger partial charge is 0.493 e. The van der Waals surface area contributed by atoms with Crippen molar-refractivity contribution in [1.82, 2.24) is 15.0 Å². The Kier molecular flexibility index (Phi) is 7.46. The molecule has 37 heavy (non-hydrogen) atoms. The largest absolute Gasteiger partial charge is 0.573 e. The number of anilines is 1. The van der Waals surface area contributed by atoms with Crippen molar-refractivity contribution in [2.45, 2.75) is 32.7 Å². The Labute approximate surface area is 210 Å². The van der Waals surface area contributed by atoms with Gasteiger partial charge in [-0.2, -0.15) is 5.10 Å². The Morgan fingerprint density at radius 2 is 1.95 bits per heavy atom. The fourth-order valence-corrected chi connectivity index (χ4v) is 3.92. The molecule has 0 bridgehead atoms. The van der Waals surface area contributed by atoms with E-state index in [4.69, 9.17) is 4.74 Å². The molecule has 194 valence electrons. The predicted molar refractivity (Wildman–Crippen MR) is 128 cm³/mol. The first kappa shape index (κ1) is 25.7. The van der Waals surface area contributed by atoms with Gasteiger partial charge in [0.25, 0.3) is 5.91 Å². The number of alkyl halides is 3. The first-order chi connectivity index (χ1) is 17.7. The van der Waals surface area contributed by atoms with Crippen LogP contribution in [0.25, 0.3) is 0 Å². The molecule has 9 nitrogen and oxygen atoms in total. The SMILES string of the molecule is CCC1CC(=O)N(Cc2ccc(NC(=O)c3c[nH]cn3)cc2)N=C1c1ccc(OC(F)(F)F)c(OC)c1. The highest BCUT2D eigenvalue weighted by atomic mass is 19.4. The molecule has 2 amide bonds. The highest BCUT2D eigenvalue weighted by Crippen LogP contribution is 2.35. The van der Waals surface area contributed by atoms with Crippen LogP contribution in [-0.4, -0.2) is 46.0 Å². The molecule has 4 rings (SSSR count). The number of aromatic nitrogens is 2. The first-order valence-electron chi connectivity index (χ1n) is 11.4. The van der Waals surface area contributed by atoms with Crippen molar-refractivity contribution in [2.24, 2.45) is 11.0 Å². The lowest BCUT2D eigenvalue weighted by Crippen LogP contribution is -2.36. The summed E-state index contributed by atoms with van der Waals surface area (Å²) in [6, 6.07) is 11.0. The van der Waals surface area contributed by atoms with Crippen LogP contribution in [0.4, 0.5) is 18.9 Å². The Bertz CT molecular complexity index is 1290. The molecule has 1 aliphatic heterocycles. The molecule has 0 radical (unpaired) electrons. The van der Waals surface area contributed by atoms with Crippen molar-refractivity contribution in [3.63, 3.8) is 0 Å². The number of nitrogens with one attached hydrogen (secondary N) is 2. The fraction of sp³-hybridized carbons (Fsp3) is 0.280. The van der Waals surface area contributed by atoms with Gasteiger partial charge < -0.3 is 19.8 Å². The van der Waals surface area contributed by atoms with Gasteiger partial charge >= 0.3 is 6.36 Å². The van der Waals surface area contributed by atoms with E-state index in [2.05, 4.69) is 25.1 Å².